The molecule has 0 fully saturated rings. The van der Waals surface area contributed by atoms with Crippen molar-refractivity contribution in [2.24, 2.45) is 0 Å². The van der Waals surface area contributed by atoms with Crippen molar-refractivity contribution in [3.63, 3.8) is 0 Å². The van der Waals surface area contributed by atoms with E-state index in [0.717, 1.165) is 5.56 Å². The van der Waals surface area contributed by atoms with E-state index in [4.69, 9.17) is 0 Å². The summed E-state index contributed by atoms with van der Waals surface area (Å²) in [7, 11) is 0. The van der Waals surface area contributed by atoms with E-state index >= 15 is 0 Å². The summed E-state index contributed by atoms with van der Waals surface area (Å²) in [5.41, 5.74) is 1.73. The summed E-state index contributed by atoms with van der Waals surface area (Å²) in [6.45, 7) is 4.82. The minimum absolute atomic E-state index is 0.0529. The minimum atomic E-state index is -0.0529. The predicted octanol–water partition coefficient (Wildman–Crippen LogP) is 3.51. The number of hydrogen-bond acceptors (Lipinski definition) is 3. The number of nitrogens with one attached hydrogen (secondary N) is 1. The van der Waals surface area contributed by atoms with Gasteiger partial charge in [-0.25, -0.2) is 0 Å². The van der Waals surface area contributed by atoms with Crippen molar-refractivity contribution in [2.45, 2.75) is 30.5 Å². The van der Waals surface area contributed by atoms with Crippen LogP contribution in [0.2, 0.25) is 0 Å². The molecule has 1 heterocycles. The number of benzene rings is 1. The van der Waals surface area contributed by atoms with Crippen LogP contribution in [-0.2, 0) is 6.54 Å². The highest BCUT2D eigenvalue weighted by molar-refractivity contribution is 7.99. The van der Waals surface area contributed by atoms with E-state index in [1.807, 2.05) is 36.4 Å². The third-order valence-electron chi connectivity index (χ3n) is 2.69. The Balaban J connectivity index is 1.92. The number of hydrogen-bond donors (Lipinski definition) is 1. The fraction of sp³-hybridized carbons (Fsp3) is 0.250. The SMILES string of the molecule is CC(C)Sc1ccc(C(=O)NCc2ccncc2)cc1. The summed E-state index contributed by atoms with van der Waals surface area (Å²) in [5.74, 6) is -0.0529. The van der Waals surface area contributed by atoms with Gasteiger partial charge in [-0.15, -0.1) is 11.8 Å². The number of rotatable bonds is 5. The first kappa shape index (κ1) is 14.6. The lowest BCUT2D eigenvalue weighted by molar-refractivity contribution is 0.0951. The van der Waals surface area contributed by atoms with Crippen LogP contribution in [0.15, 0.2) is 53.7 Å². The third-order valence-corrected chi connectivity index (χ3v) is 3.71. The summed E-state index contributed by atoms with van der Waals surface area (Å²) in [5, 5.41) is 3.44. The Morgan fingerprint density at radius 2 is 1.80 bits per heavy atom. The maximum atomic E-state index is 12.0. The molecule has 0 aliphatic carbocycles. The lowest BCUT2D eigenvalue weighted by atomic mass is 10.2. The molecule has 4 heteroatoms. The van der Waals surface area contributed by atoms with Gasteiger partial charge in [-0.05, 0) is 42.0 Å². The number of pyridine rings is 1. The molecule has 0 spiro atoms. The van der Waals surface area contributed by atoms with Crippen molar-refractivity contribution in [3.8, 4) is 0 Å². The van der Waals surface area contributed by atoms with Crippen LogP contribution in [0.5, 0.6) is 0 Å². The second-order valence-corrected chi connectivity index (χ2v) is 6.38. The van der Waals surface area contributed by atoms with Crippen LogP contribution < -0.4 is 5.32 Å². The fourth-order valence-electron chi connectivity index (χ4n) is 1.74. The van der Waals surface area contributed by atoms with Crippen molar-refractivity contribution in [3.05, 3.63) is 59.9 Å². The van der Waals surface area contributed by atoms with Gasteiger partial charge in [0.2, 0.25) is 0 Å². The molecule has 1 aromatic heterocycles. The fourth-order valence-corrected chi connectivity index (χ4v) is 2.58. The number of carbonyl (C=O) groups excluding carboxylic acids is 1. The molecule has 2 rings (SSSR count). The molecule has 1 aromatic carbocycles. The summed E-state index contributed by atoms with van der Waals surface area (Å²) in [4.78, 5) is 17.2. The highest BCUT2D eigenvalue weighted by Crippen LogP contribution is 2.22. The van der Waals surface area contributed by atoms with Crippen LogP contribution in [0, 0.1) is 0 Å². The van der Waals surface area contributed by atoms with Crippen LogP contribution in [-0.4, -0.2) is 16.1 Å². The topological polar surface area (TPSA) is 42.0 Å². The van der Waals surface area contributed by atoms with E-state index in [-0.39, 0.29) is 5.91 Å². The van der Waals surface area contributed by atoms with Gasteiger partial charge >= 0.3 is 0 Å². The van der Waals surface area contributed by atoms with E-state index in [1.165, 1.54) is 4.90 Å². The lowest BCUT2D eigenvalue weighted by Gasteiger charge is -2.07. The zero-order chi connectivity index (χ0) is 14.4. The standard InChI is InChI=1S/C16H18N2OS/c1-12(2)20-15-5-3-14(4-6-15)16(19)18-11-13-7-9-17-10-8-13/h3-10,12H,11H2,1-2H3,(H,18,19). The van der Waals surface area contributed by atoms with Gasteiger partial charge in [0, 0.05) is 34.6 Å². The summed E-state index contributed by atoms with van der Waals surface area (Å²) < 4.78 is 0. The van der Waals surface area contributed by atoms with Crippen LogP contribution in [0.25, 0.3) is 0 Å². The van der Waals surface area contributed by atoms with Gasteiger partial charge in [0.25, 0.3) is 5.91 Å². The van der Waals surface area contributed by atoms with Gasteiger partial charge < -0.3 is 5.32 Å². The van der Waals surface area contributed by atoms with Gasteiger partial charge in [0.1, 0.15) is 0 Å². The van der Waals surface area contributed by atoms with Gasteiger partial charge in [0.05, 0.1) is 0 Å². The number of amides is 1. The minimum Gasteiger partial charge on any atom is -0.348 e. The molecule has 0 aliphatic rings. The molecular weight excluding hydrogens is 268 g/mol. The Bertz CT molecular complexity index is 552. The molecule has 104 valence electrons. The van der Waals surface area contributed by atoms with E-state index in [0.29, 0.717) is 17.4 Å². The van der Waals surface area contributed by atoms with E-state index in [1.54, 1.807) is 24.2 Å². The van der Waals surface area contributed by atoms with Gasteiger partial charge in [-0.2, -0.15) is 0 Å². The first-order valence-electron chi connectivity index (χ1n) is 6.59. The summed E-state index contributed by atoms with van der Waals surface area (Å²) in [6, 6.07) is 11.5. The highest BCUT2D eigenvalue weighted by atomic mass is 32.2. The van der Waals surface area contributed by atoms with Crippen LogP contribution in [0.4, 0.5) is 0 Å². The molecule has 0 saturated carbocycles. The molecule has 2 aromatic rings. The molecule has 0 saturated heterocycles. The van der Waals surface area contributed by atoms with Crippen molar-refractivity contribution >= 4 is 17.7 Å². The maximum Gasteiger partial charge on any atom is 0.251 e. The van der Waals surface area contributed by atoms with E-state index in [2.05, 4.69) is 24.1 Å². The maximum absolute atomic E-state index is 12.0. The Morgan fingerprint density at radius 1 is 1.15 bits per heavy atom. The molecule has 0 radical (unpaired) electrons. The Hall–Kier alpha value is -1.81. The summed E-state index contributed by atoms with van der Waals surface area (Å²) >= 11 is 1.79. The molecule has 0 unspecified atom stereocenters. The van der Waals surface area contributed by atoms with Gasteiger partial charge in [-0.1, -0.05) is 13.8 Å². The first-order valence-corrected chi connectivity index (χ1v) is 7.47. The Morgan fingerprint density at radius 3 is 2.40 bits per heavy atom. The highest BCUT2D eigenvalue weighted by Gasteiger charge is 2.05. The largest absolute Gasteiger partial charge is 0.348 e. The van der Waals surface area contributed by atoms with Gasteiger partial charge in [0.15, 0.2) is 0 Å². The van der Waals surface area contributed by atoms with E-state index < -0.39 is 0 Å². The smallest absolute Gasteiger partial charge is 0.251 e. The summed E-state index contributed by atoms with van der Waals surface area (Å²) in [6.07, 6.45) is 3.44. The zero-order valence-corrected chi connectivity index (χ0v) is 12.5. The average Bonchev–Trinajstić information content (AvgIpc) is 2.46. The number of aromatic nitrogens is 1. The molecule has 1 N–H and O–H groups in total. The van der Waals surface area contributed by atoms with Gasteiger partial charge in [-0.3, -0.25) is 9.78 Å². The second kappa shape index (κ2) is 7.10. The normalized spacial score (nSPS) is 10.6. The zero-order valence-electron chi connectivity index (χ0n) is 11.7. The van der Waals surface area contributed by atoms with Crippen LogP contribution in [0.3, 0.4) is 0 Å². The molecule has 0 bridgehead atoms. The molecule has 0 aliphatic heterocycles. The first-order chi connectivity index (χ1) is 9.65. The molecular formula is C16H18N2OS. The predicted molar refractivity (Wildman–Crippen MR) is 82.8 cm³/mol. The second-order valence-electron chi connectivity index (χ2n) is 4.73. The van der Waals surface area contributed by atoms with Crippen LogP contribution in [0.1, 0.15) is 29.8 Å². The molecule has 3 nitrogen and oxygen atoms in total. The number of nitrogens with zero attached hydrogens (tertiary/aromatic N) is 1. The van der Waals surface area contributed by atoms with E-state index in [9.17, 15) is 4.79 Å². The number of carbonyl (C=O) groups is 1. The van der Waals surface area contributed by atoms with Crippen LogP contribution >= 0.6 is 11.8 Å². The Labute approximate surface area is 123 Å². The van der Waals surface area contributed by atoms with Crippen molar-refractivity contribution in [1.29, 1.82) is 0 Å². The quantitative estimate of drug-likeness (QED) is 0.855. The Kier molecular flexibility index (Phi) is 5.18. The average molecular weight is 286 g/mol. The molecule has 20 heavy (non-hydrogen) atoms. The van der Waals surface area contributed by atoms with Crippen molar-refractivity contribution < 1.29 is 4.79 Å². The molecule has 0 atom stereocenters. The molecule has 1 amide bonds. The van der Waals surface area contributed by atoms with Crippen molar-refractivity contribution in [2.75, 3.05) is 0 Å². The monoisotopic (exact) mass is 286 g/mol. The third kappa shape index (κ3) is 4.38. The number of thioether (sulfide) groups is 1. The van der Waals surface area contributed by atoms with Crippen molar-refractivity contribution in [1.82, 2.24) is 10.3 Å². The lowest BCUT2D eigenvalue weighted by Crippen LogP contribution is -2.22.